The van der Waals surface area contributed by atoms with Gasteiger partial charge in [0.25, 0.3) is 5.56 Å². The summed E-state index contributed by atoms with van der Waals surface area (Å²) in [5.74, 6) is 0. The first-order valence-corrected chi connectivity index (χ1v) is 6.53. The molecule has 0 saturated carbocycles. The normalized spacial score (nSPS) is 10.3. The summed E-state index contributed by atoms with van der Waals surface area (Å²) in [7, 11) is 3.75. The van der Waals surface area contributed by atoms with Crippen molar-refractivity contribution in [1.29, 1.82) is 0 Å². The fraction of sp³-hybridized carbons (Fsp3) is 0.357. The molecule has 2 heterocycles. The zero-order chi connectivity index (χ0) is 14.5. The molecule has 0 aliphatic rings. The molecule has 0 bridgehead atoms. The monoisotopic (exact) mass is 273 g/mol. The van der Waals surface area contributed by atoms with Gasteiger partial charge in [-0.3, -0.25) is 9.78 Å². The van der Waals surface area contributed by atoms with E-state index in [4.69, 9.17) is 0 Å². The molecule has 0 unspecified atom stereocenters. The minimum Gasteiger partial charge on any atom is -0.385 e. The molecule has 0 saturated heterocycles. The lowest BCUT2D eigenvalue weighted by Gasteiger charge is -2.12. The van der Waals surface area contributed by atoms with Crippen LogP contribution in [-0.2, 0) is 6.54 Å². The maximum Gasteiger partial charge on any atom is 0.269 e. The van der Waals surface area contributed by atoms with Crippen LogP contribution in [0, 0.1) is 0 Å². The van der Waals surface area contributed by atoms with Crippen LogP contribution in [0.15, 0.2) is 35.4 Å². The highest BCUT2D eigenvalue weighted by Gasteiger charge is 2.04. The number of rotatable bonds is 5. The minimum absolute atomic E-state index is 0.133. The molecule has 0 atom stereocenters. The van der Waals surface area contributed by atoms with Gasteiger partial charge in [0.2, 0.25) is 0 Å². The Hall–Kier alpha value is -2.37. The second-order valence-corrected chi connectivity index (χ2v) is 4.67. The van der Waals surface area contributed by atoms with Crippen LogP contribution in [-0.4, -0.2) is 35.4 Å². The number of nitrogens with zero attached hydrogens (tertiary/aromatic N) is 4. The number of nitrogens with one attached hydrogen (secondary N) is 1. The van der Waals surface area contributed by atoms with Crippen molar-refractivity contribution in [1.82, 2.24) is 14.8 Å². The summed E-state index contributed by atoms with van der Waals surface area (Å²) < 4.78 is 1.41. The predicted molar refractivity (Wildman–Crippen MR) is 80.3 cm³/mol. The number of aromatic nitrogens is 3. The zero-order valence-electron chi connectivity index (χ0n) is 12.0. The Balaban J connectivity index is 2.22. The Morgan fingerprint density at radius 3 is 2.80 bits per heavy atom. The molecule has 0 amide bonds. The summed E-state index contributed by atoms with van der Waals surface area (Å²) in [5, 5.41) is 7.39. The molecule has 0 aliphatic carbocycles. The molecule has 20 heavy (non-hydrogen) atoms. The first kappa shape index (κ1) is 14.0. The fourth-order valence-corrected chi connectivity index (χ4v) is 1.82. The summed E-state index contributed by atoms with van der Waals surface area (Å²) in [6.07, 6.45) is 3.40. The van der Waals surface area contributed by atoms with Gasteiger partial charge in [-0.15, -0.1) is 0 Å². The third kappa shape index (κ3) is 3.34. The van der Waals surface area contributed by atoms with Gasteiger partial charge in [-0.25, -0.2) is 4.68 Å². The van der Waals surface area contributed by atoms with E-state index < -0.39 is 0 Å². The van der Waals surface area contributed by atoms with Gasteiger partial charge < -0.3 is 10.2 Å². The van der Waals surface area contributed by atoms with E-state index in [1.807, 2.05) is 38.1 Å². The van der Waals surface area contributed by atoms with Crippen molar-refractivity contribution in [3.05, 3.63) is 46.6 Å². The predicted octanol–water partition coefficient (Wildman–Crippen LogP) is 1.18. The third-order valence-corrected chi connectivity index (χ3v) is 2.88. The zero-order valence-corrected chi connectivity index (χ0v) is 12.0. The van der Waals surface area contributed by atoms with E-state index >= 15 is 0 Å². The van der Waals surface area contributed by atoms with Gasteiger partial charge in [-0.1, -0.05) is 0 Å². The summed E-state index contributed by atoms with van der Waals surface area (Å²) in [4.78, 5) is 18.1. The molecule has 0 fully saturated rings. The van der Waals surface area contributed by atoms with Crippen molar-refractivity contribution >= 4 is 11.4 Å². The maximum absolute atomic E-state index is 12.0. The number of anilines is 2. The SMILES string of the molecule is CCNc1ccnc(Cn2ncc(N(C)C)cc2=O)c1. The van der Waals surface area contributed by atoms with Crippen LogP contribution < -0.4 is 15.8 Å². The van der Waals surface area contributed by atoms with Crippen LogP contribution in [0.4, 0.5) is 11.4 Å². The molecule has 106 valence electrons. The first-order chi connectivity index (χ1) is 9.60. The molecule has 0 radical (unpaired) electrons. The molecule has 0 aliphatic heterocycles. The molecule has 6 heteroatoms. The van der Waals surface area contributed by atoms with Crippen molar-refractivity contribution in [2.24, 2.45) is 0 Å². The van der Waals surface area contributed by atoms with Crippen LogP contribution in [0.3, 0.4) is 0 Å². The molecule has 2 aromatic heterocycles. The largest absolute Gasteiger partial charge is 0.385 e. The van der Waals surface area contributed by atoms with Crippen LogP contribution in [0.2, 0.25) is 0 Å². The van der Waals surface area contributed by atoms with Crippen molar-refractivity contribution in [3.8, 4) is 0 Å². The number of hydrogen-bond donors (Lipinski definition) is 1. The van der Waals surface area contributed by atoms with Crippen molar-refractivity contribution in [2.75, 3.05) is 30.9 Å². The smallest absolute Gasteiger partial charge is 0.269 e. The van der Waals surface area contributed by atoms with E-state index in [2.05, 4.69) is 15.4 Å². The second kappa shape index (κ2) is 6.18. The molecular weight excluding hydrogens is 254 g/mol. The minimum atomic E-state index is -0.133. The van der Waals surface area contributed by atoms with Crippen LogP contribution in [0.1, 0.15) is 12.6 Å². The summed E-state index contributed by atoms with van der Waals surface area (Å²) in [5.41, 5.74) is 2.46. The molecule has 1 N–H and O–H groups in total. The topological polar surface area (TPSA) is 63.1 Å². The van der Waals surface area contributed by atoms with Gasteiger partial charge in [0.1, 0.15) is 0 Å². The van der Waals surface area contributed by atoms with Gasteiger partial charge in [0, 0.05) is 38.6 Å². The molecule has 6 nitrogen and oxygen atoms in total. The van der Waals surface area contributed by atoms with Crippen LogP contribution in [0.5, 0.6) is 0 Å². The fourth-order valence-electron chi connectivity index (χ4n) is 1.82. The number of pyridine rings is 1. The van der Waals surface area contributed by atoms with Crippen molar-refractivity contribution < 1.29 is 0 Å². The van der Waals surface area contributed by atoms with Crippen molar-refractivity contribution in [2.45, 2.75) is 13.5 Å². The van der Waals surface area contributed by atoms with Crippen LogP contribution >= 0.6 is 0 Å². The quantitative estimate of drug-likeness (QED) is 0.886. The highest BCUT2D eigenvalue weighted by Crippen LogP contribution is 2.09. The van der Waals surface area contributed by atoms with E-state index in [1.165, 1.54) is 4.68 Å². The van der Waals surface area contributed by atoms with E-state index in [1.54, 1.807) is 18.5 Å². The lowest BCUT2D eigenvalue weighted by Crippen LogP contribution is -2.25. The molecule has 2 rings (SSSR count). The van der Waals surface area contributed by atoms with E-state index in [9.17, 15) is 4.79 Å². The standard InChI is InChI=1S/C14H19N5O/c1-4-15-11-5-6-16-12(7-11)10-19-14(20)8-13(9-17-19)18(2)3/h5-9H,4,10H2,1-3H3,(H,15,16). The second-order valence-electron chi connectivity index (χ2n) is 4.67. The number of hydrogen-bond acceptors (Lipinski definition) is 5. The Kier molecular flexibility index (Phi) is 4.34. The Morgan fingerprint density at radius 1 is 1.35 bits per heavy atom. The first-order valence-electron chi connectivity index (χ1n) is 6.53. The average Bonchev–Trinajstić information content (AvgIpc) is 2.42. The highest BCUT2D eigenvalue weighted by molar-refractivity contribution is 5.43. The molecule has 0 aromatic carbocycles. The Labute approximate surface area is 118 Å². The van der Waals surface area contributed by atoms with Gasteiger partial charge in [0.05, 0.1) is 24.1 Å². The molecule has 0 spiro atoms. The van der Waals surface area contributed by atoms with Crippen molar-refractivity contribution in [3.63, 3.8) is 0 Å². The van der Waals surface area contributed by atoms with Gasteiger partial charge in [-0.05, 0) is 19.1 Å². The van der Waals surface area contributed by atoms with Gasteiger partial charge >= 0.3 is 0 Å². The van der Waals surface area contributed by atoms with Crippen LogP contribution in [0.25, 0.3) is 0 Å². The summed E-state index contributed by atoms with van der Waals surface area (Å²) >= 11 is 0. The van der Waals surface area contributed by atoms with Gasteiger partial charge in [0.15, 0.2) is 0 Å². The van der Waals surface area contributed by atoms with E-state index in [0.29, 0.717) is 6.54 Å². The average molecular weight is 273 g/mol. The summed E-state index contributed by atoms with van der Waals surface area (Å²) in [6, 6.07) is 5.40. The molecule has 2 aromatic rings. The molecular formula is C14H19N5O. The van der Waals surface area contributed by atoms with Gasteiger partial charge in [-0.2, -0.15) is 5.10 Å². The lowest BCUT2D eigenvalue weighted by molar-refractivity contribution is 0.627. The maximum atomic E-state index is 12.0. The highest BCUT2D eigenvalue weighted by atomic mass is 16.1. The van der Waals surface area contributed by atoms with E-state index in [-0.39, 0.29) is 5.56 Å². The Bertz CT molecular complexity index is 635. The third-order valence-electron chi connectivity index (χ3n) is 2.88. The Morgan fingerprint density at radius 2 is 2.15 bits per heavy atom. The lowest BCUT2D eigenvalue weighted by atomic mass is 10.3. The van der Waals surface area contributed by atoms with E-state index in [0.717, 1.165) is 23.6 Å². The summed E-state index contributed by atoms with van der Waals surface area (Å²) in [6.45, 7) is 3.25.